The summed E-state index contributed by atoms with van der Waals surface area (Å²) in [6, 6.07) is 7.79. The van der Waals surface area contributed by atoms with Crippen LogP contribution in [0.25, 0.3) is 0 Å². The minimum Gasteiger partial charge on any atom is -0.350 e. The van der Waals surface area contributed by atoms with E-state index >= 15 is 0 Å². The number of rotatable bonds is 5. The van der Waals surface area contributed by atoms with Gasteiger partial charge in [-0.2, -0.15) is 5.10 Å². The van der Waals surface area contributed by atoms with E-state index in [-0.39, 0.29) is 5.91 Å². The van der Waals surface area contributed by atoms with Crippen LogP contribution in [-0.4, -0.2) is 45.6 Å². The smallest absolute Gasteiger partial charge is 0.271 e. The summed E-state index contributed by atoms with van der Waals surface area (Å²) in [4.78, 5) is 18.9. The van der Waals surface area contributed by atoms with Crippen molar-refractivity contribution in [1.29, 1.82) is 0 Å². The van der Waals surface area contributed by atoms with E-state index in [9.17, 15) is 4.79 Å². The number of aryl methyl sites for hydroxylation is 1. The number of pyridine rings is 1. The van der Waals surface area contributed by atoms with E-state index in [4.69, 9.17) is 0 Å². The normalized spacial score (nSPS) is 18.7. The van der Waals surface area contributed by atoms with Crippen molar-refractivity contribution < 1.29 is 4.79 Å². The molecule has 3 heterocycles. The monoisotopic (exact) mass is 313 g/mol. The van der Waals surface area contributed by atoms with Crippen LogP contribution in [-0.2, 0) is 6.54 Å². The summed E-state index contributed by atoms with van der Waals surface area (Å²) in [5.74, 6) is 0.382. The number of aromatic nitrogens is 3. The minimum atomic E-state index is -0.101. The third kappa shape index (κ3) is 4.39. The van der Waals surface area contributed by atoms with E-state index in [2.05, 4.69) is 31.5 Å². The molecule has 2 N–H and O–H groups in total. The molecule has 2 aromatic heterocycles. The average Bonchev–Trinajstić information content (AvgIpc) is 3.01. The second kappa shape index (κ2) is 7.37. The summed E-state index contributed by atoms with van der Waals surface area (Å²) in [7, 11) is 0. The maximum absolute atomic E-state index is 12.1. The molecule has 0 aliphatic carbocycles. The first-order valence-corrected chi connectivity index (χ1v) is 8.13. The van der Waals surface area contributed by atoms with Crippen molar-refractivity contribution in [2.45, 2.75) is 26.3 Å². The van der Waals surface area contributed by atoms with Crippen molar-refractivity contribution in [3.63, 3.8) is 0 Å². The first kappa shape index (κ1) is 15.7. The van der Waals surface area contributed by atoms with Crippen LogP contribution >= 0.6 is 0 Å². The molecule has 0 saturated carbocycles. The Labute approximate surface area is 136 Å². The minimum absolute atomic E-state index is 0.101. The Morgan fingerprint density at radius 3 is 3.13 bits per heavy atom. The highest BCUT2D eigenvalue weighted by atomic mass is 16.1. The van der Waals surface area contributed by atoms with Crippen molar-refractivity contribution >= 4 is 5.91 Å². The van der Waals surface area contributed by atoms with E-state index in [1.54, 1.807) is 6.07 Å². The predicted octanol–water partition coefficient (Wildman–Crippen LogP) is 1.76. The van der Waals surface area contributed by atoms with Gasteiger partial charge < -0.3 is 5.32 Å². The molecule has 0 spiro atoms. The third-order valence-electron chi connectivity index (χ3n) is 4.20. The molecule has 1 fully saturated rings. The van der Waals surface area contributed by atoms with Gasteiger partial charge in [0.2, 0.25) is 0 Å². The number of aromatic amines is 1. The largest absolute Gasteiger partial charge is 0.350 e. The van der Waals surface area contributed by atoms with Gasteiger partial charge in [-0.3, -0.25) is 19.8 Å². The number of carbonyl (C=O) groups is 1. The number of likely N-dealkylation sites (tertiary alicyclic amines) is 1. The SMILES string of the molecule is Cc1cc(C(=O)NC[C@@H]2CCCN(Cc3ccccn3)C2)n[nH]1. The third-order valence-corrected chi connectivity index (χ3v) is 4.20. The molecule has 0 bridgehead atoms. The number of carbonyl (C=O) groups excluding carboxylic acids is 1. The van der Waals surface area contributed by atoms with Gasteiger partial charge in [-0.05, 0) is 50.4 Å². The van der Waals surface area contributed by atoms with Gasteiger partial charge in [-0.25, -0.2) is 0 Å². The molecule has 3 rings (SSSR count). The van der Waals surface area contributed by atoms with Crippen molar-refractivity contribution in [2.75, 3.05) is 19.6 Å². The van der Waals surface area contributed by atoms with E-state index in [1.165, 1.54) is 0 Å². The van der Waals surface area contributed by atoms with Gasteiger partial charge in [0.1, 0.15) is 5.69 Å². The number of hydrogen-bond acceptors (Lipinski definition) is 4. The quantitative estimate of drug-likeness (QED) is 0.882. The second-order valence-electron chi connectivity index (χ2n) is 6.21. The molecule has 122 valence electrons. The lowest BCUT2D eigenvalue weighted by Gasteiger charge is -2.32. The van der Waals surface area contributed by atoms with Crippen molar-refractivity contribution in [3.05, 3.63) is 47.5 Å². The van der Waals surface area contributed by atoms with Crippen molar-refractivity contribution in [1.82, 2.24) is 25.4 Å². The standard InChI is InChI=1S/C17H23N5O/c1-13-9-16(21-20-13)17(23)19-10-14-5-4-8-22(11-14)12-15-6-2-3-7-18-15/h2-3,6-7,9,14H,4-5,8,10-12H2,1H3,(H,19,23)(H,20,21)/t14-/m0/s1. The Hall–Kier alpha value is -2.21. The van der Waals surface area contributed by atoms with Crippen LogP contribution in [0.3, 0.4) is 0 Å². The lowest BCUT2D eigenvalue weighted by molar-refractivity contribution is 0.0925. The first-order valence-electron chi connectivity index (χ1n) is 8.13. The Balaban J connectivity index is 1.48. The number of piperidine rings is 1. The molecular weight excluding hydrogens is 290 g/mol. The fraction of sp³-hybridized carbons (Fsp3) is 0.471. The molecule has 6 heteroatoms. The van der Waals surface area contributed by atoms with Gasteiger partial charge in [-0.1, -0.05) is 6.07 Å². The topological polar surface area (TPSA) is 73.9 Å². The molecule has 0 aromatic carbocycles. The van der Waals surface area contributed by atoms with Gasteiger partial charge in [0.15, 0.2) is 0 Å². The van der Waals surface area contributed by atoms with Crippen LogP contribution in [0.2, 0.25) is 0 Å². The molecule has 0 unspecified atom stereocenters. The number of H-pyrrole nitrogens is 1. The molecule has 6 nitrogen and oxygen atoms in total. The highest BCUT2D eigenvalue weighted by molar-refractivity contribution is 5.92. The van der Waals surface area contributed by atoms with Crippen LogP contribution in [0.15, 0.2) is 30.5 Å². The van der Waals surface area contributed by atoms with Crippen LogP contribution in [0.4, 0.5) is 0 Å². The molecule has 1 amide bonds. The fourth-order valence-electron chi connectivity index (χ4n) is 3.04. The Bertz CT molecular complexity index is 639. The summed E-state index contributed by atoms with van der Waals surface area (Å²) in [5, 5.41) is 9.79. The Morgan fingerprint density at radius 2 is 2.39 bits per heavy atom. The predicted molar refractivity (Wildman–Crippen MR) is 87.9 cm³/mol. The Morgan fingerprint density at radius 1 is 1.48 bits per heavy atom. The lowest BCUT2D eigenvalue weighted by Crippen LogP contribution is -2.40. The summed E-state index contributed by atoms with van der Waals surface area (Å²) in [6.07, 6.45) is 4.15. The average molecular weight is 313 g/mol. The molecule has 2 aromatic rings. The number of nitrogens with zero attached hydrogens (tertiary/aromatic N) is 3. The molecule has 1 atom stereocenters. The fourth-order valence-corrected chi connectivity index (χ4v) is 3.04. The zero-order chi connectivity index (χ0) is 16.1. The number of hydrogen-bond donors (Lipinski definition) is 2. The highest BCUT2D eigenvalue weighted by Crippen LogP contribution is 2.17. The zero-order valence-electron chi connectivity index (χ0n) is 13.5. The summed E-state index contributed by atoms with van der Waals surface area (Å²) >= 11 is 0. The molecular formula is C17H23N5O. The lowest BCUT2D eigenvalue weighted by atomic mass is 9.97. The summed E-state index contributed by atoms with van der Waals surface area (Å²) in [6.45, 7) is 5.56. The molecule has 1 aliphatic heterocycles. The maximum atomic E-state index is 12.1. The van der Waals surface area contributed by atoms with Gasteiger partial charge in [0.05, 0.1) is 5.69 Å². The molecule has 23 heavy (non-hydrogen) atoms. The van der Waals surface area contributed by atoms with E-state index < -0.39 is 0 Å². The van der Waals surface area contributed by atoms with Gasteiger partial charge in [0.25, 0.3) is 5.91 Å². The van der Waals surface area contributed by atoms with E-state index in [0.717, 1.165) is 43.9 Å². The van der Waals surface area contributed by atoms with E-state index in [1.807, 2.05) is 25.3 Å². The zero-order valence-corrected chi connectivity index (χ0v) is 13.5. The number of nitrogens with one attached hydrogen (secondary N) is 2. The highest BCUT2D eigenvalue weighted by Gasteiger charge is 2.21. The van der Waals surface area contributed by atoms with Crippen LogP contribution in [0.5, 0.6) is 0 Å². The van der Waals surface area contributed by atoms with Crippen LogP contribution < -0.4 is 5.32 Å². The molecule has 1 saturated heterocycles. The summed E-state index contributed by atoms with van der Waals surface area (Å²) < 4.78 is 0. The van der Waals surface area contributed by atoms with Crippen molar-refractivity contribution in [2.24, 2.45) is 5.92 Å². The van der Waals surface area contributed by atoms with Gasteiger partial charge in [-0.15, -0.1) is 0 Å². The maximum Gasteiger partial charge on any atom is 0.271 e. The molecule has 1 aliphatic rings. The van der Waals surface area contributed by atoms with Gasteiger partial charge >= 0.3 is 0 Å². The second-order valence-corrected chi connectivity index (χ2v) is 6.21. The number of amides is 1. The molecule has 0 radical (unpaired) electrons. The Kier molecular flexibility index (Phi) is 5.02. The van der Waals surface area contributed by atoms with Crippen LogP contribution in [0, 0.1) is 12.8 Å². The van der Waals surface area contributed by atoms with Crippen molar-refractivity contribution in [3.8, 4) is 0 Å². The first-order chi connectivity index (χ1) is 11.2. The van der Waals surface area contributed by atoms with Crippen LogP contribution in [0.1, 0.15) is 34.7 Å². The summed E-state index contributed by atoms with van der Waals surface area (Å²) in [5.41, 5.74) is 2.46. The van der Waals surface area contributed by atoms with E-state index in [0.29, 0.717) is 18.2 Å². The van der Waals surface area contributed by atoms with Gasteiger partial charge in [0, 0.05) is 31.5 Å².